The van der Waals surface area contributed by atoms with E-state index in [1.165, 1.54) is 20.1 Å². The first-order chi connectivity index (χ1) is 8.98. The molecule has 0 saturated carbocycles. The van der Waals surface area contributed by atoms with E-state index in [1.807, 2.05) is 20.8 Å². The van der Waals surface area contributed by atoms with E-state index in [9.17, 15) is 18.0 Å². The van der Waals surface area contributed by atoms with Gasteiger partial charge >= 0.3 is 6.18 Å². The maximum Gasteiger partial charge on any atom is 0.416 e. The molecule has 0 aliphatic heterocycles. The molecule has 0 N–H and O–H groups in total. The summed E-state index contributed by atoms with van der Waals surface area (Å²) in [5.41, 5.74) is -0.617. The van der Waals surface area contributed by atoms with Gasteiger partial charge in [0.15, 0.2) is 5.78 Å². The van der Waals surface area contributed by atoms with Crippen LogP contribution in [0.15, 0.2) is 18.2 Å². The van der Waals surface area contributed by atoms with Gasteiger partial charge in [0.25, 0.3) is 0 Å². The third-order valence-electron chi connectivity index (χ3n) is 3.08. The number of benzene rings is 1. The summed E-state index contributed by atoms with van der Waals surface area (Å²) in [4.78, 5) is 12.4. The minimum Gasteiger partial charge on any atom is -0.373 e. The smallest absolute Gasteiger partial charge is 0.373 e. The molecule has 1 rings (SSSR count). The van der Waals surface area contributed by atoms with E-state index in [-0.39, 0.29) is 11.3 Å². The van der Waals surface area contributed by atoms with Gasteiger partial charge in [0.1, 0.15) is 6.10 Å². The van der Waals surface area contributed by atoms with Crippen LogP contribution in [-0.2, 0) is 10.9 Å². The lowest BCUT2D eigenvalue weighted by Gasteiger charge is -2.28. The van der Waals surface area contributed by atoms with E-state index in [2.05, 4.69) is 0 Å². The average Bonchev–Trinajstić information content (AvgIpc) is 2.26. The molecular weight excluding hydrogens is 269 g/mol. The van der Waals surface area contributed by atoms with Crippen molar-refractivity contribution in [2.45, 2.75) is 40.0 Å². The van der Waals surface area contributed by atoms with Crippen molar-refractivity contribution in [3.05, 3.63) is 34.9 Å². The van der Waals surface area contributed by atoms with E-state index in [1.54, 1.807) is 0 Å². The fourth-order valence-electron chi connectivity index (χ4n) is 2.11. The molecule has 2 nitrogen and oxygen atoms in total. The first-order valence-corrected chi connectivity index (χ1v) is 6.23. The molecule has 0 fully saturated rings. The average molecular weight is 288 g/mol. The largest absolute Gasteiger partial charge is 0.416 e. The Balaban J connectivity index is 3.18. The molecule has 20 heavy (non-hydrogen) atoms. The van der Waals surface area contributed by atoms with Crippen LogP contribution in [0.25, 0.3) is 0 Å². The van der Waals surface area contributed by atoms with Crippen molar-refractivity contribution in [1.29, 1.82) is 0 Å². The molecule has 1 aromatic rings. The van der Waals surface area contributed by atoms with Crippen LogP contribution in [0.4, 0.5) is 13.2 Å². The van der Waals surface area contributed by atoms with Gasteiger partial charge in [0.05, 0.1) is 5.56 Å². The Morgan fingerprint density at radius 1 is 1.20 bits per heavy atom. The molecule has 0 aliphatic carbocycles. The number of hydrogen-bond acceptors (Lipinski definition) is 2. The number of Topliss-reactive ketones (excluding diaryl/α,β-unsaturated/α-hetero) is 1. The first kappa shape index (κ1) is 16.7. The van der Waals surface area contributed by atoms with E-state index in [4.69, 9.17) is 4.74 Å². The van der Waals surface area contributed by atoms with Crippen molar-refractivity contribution in [2.24, 2.45) is 5.41 Å². The first-order valence-electron chi connectivity index (χ1n) is 6.23. The van der Waals surface area contributed by atoms with E-state index >= 15 is 0 Å². The lowest BCUT2D eigenvalue weighted by Crippen LogP contribution is -2.36. The van der Waals surface area contributed by atoms with Crippen LogP contribution in [0.2, 0.25) is 0 Å². The summed E-state index contributed by atoms with van der Waals surface area (Å²) in [5.74, 6) is -0.300. The lowest BCUT2D eigenvalue weighted by atomic mass is 9.83. The van der Waals surface area contributed by atoms with Crippen molar-refractivity contribution in [1.82, 2.24) is 0 Å². The molecule has 1 unspecified atom stereocenters. The van der Waals surface area contributed by atoms with E-state index in [0.29, 0.717) is 5.56 Å². The van der Waals surface area contributed by atoms with Crippen molar-refractivity contribution >= 4 is 5.78 Å². The molecule has 0 radical (unpaired) electrons. The maximum atomic E-state index is 12.6. The normalized spacial score (nSPS) is 14.2. The Kier molecular flexibility index (Phi) is 4.64. The molecule has 0 heterocycles. The third-order valence-corrected chi connectivity index (χ3v) is 3.08. The van der Waals surface area contributed by atoms with Gasteiger partial charge in [0, 0.05) is 12.7 Å². The van der Waals surface area contributed by atoms with Crippen LogP contribution >= 0.6 is 0 Å². The van der Waals surface area contributed by atoms with Crippen LogP contribution in [-0.4, -0.2) is 19.0 Å². The summed E-state index contributed by atoms with van der Waals surface area (Å²) in [6.07, 6.45) is -5.10. The number of rotatable bonds is 3. The number of carbonyl (C=O) groups is 1. The highest BCUT2D eigenvalue weighted by Gasteiger charge is 2.34. The number of hydrogen-bond donors (Lipinski definition) is 0. The van der Waals surface area contributed by atoms with Gasteiger partial charge in [-0.25, -0.2) is 0 Å². The van der Waals surface area contributed by atoms with Gasteiger partial charge < -0.3 is 4.74 Å². The second kappa shape index (κ2) is 5.56. The third kappa shape index (κ3) is 3.60. The Morgan fingerprint density at radius 3 is 2.10 bits per heavy atom. The molecule has 0 aliphatic rings. The van der Waals surface area contributed by atoms with Gasteiger partial charge in [-0.3, -0.25) is 4.79 Å². The summed E-state index contributed by atoms with van der Waals surface area (Å²) in [6.45, 7) is 7.04. The van der Waals surface area contributed by atoms with E-state index in [0.717, 1.165) is 12.1 Å². The van der Waals surface area contributed by atoms with Gasteiger partial charge in [-0.15, -0.1) is 0 Å². The number of halogens is 3. The molecule has 1 aromatic carbocycles. The van der Waals surface area contributed by atoms with Crippen molar-refractivity contribution in [3.63, 3.8) is 0 Å². The van der Waals surface area contributed by atoms with Crippen LogP contribution in [0.1, 0.15) is 42.3 Å². The standard InChI is InChI=1S/C15H19F3O2/c1-9-8-10(15(16,17)18)6-7-11(9)12(19)13(20-5)14(2,3)4/h6-8,13H,1-5H3. The summed E-state index contributed by atoms with van der Waals surface area (Å²) in [7, 11) is 1.42. The highest BCUT2D eigenvalue weighted by molar-refractivity contribution is 6.01. The summed E-state index contributed by atoms with van der Waals surface area (Å²) < 4.78 is 43.0. The minimum atomic E-state index is -4.41. The summed E-state index contributed by atoms with van der Waals surface area (Å²) in [6, 6.07) is 3.14. The highest BCUT2D eigenvalue weighted by atomic mass is 19.4. The van der Waals surface area contributed by atoms with Gasteiger partial charge in [0.2, 0.25) is 0 Å². The van der Waals surface area contributed by atoms with Gasteiger partial charge in [-0.1, -0.05) is 26.8 Å². The predicted octanol–water partition coefficient (Wildman–Crippen LogP) is 4.26. The number of ether oxygens (including phenoxy) is 1. The van der Waals surface area contributed by atoms with Gasteiger partial charge in [-0.2, -0.15) is 13.2 Å². The molecule has 0 bridgehead atoms. The number of carbonyl (C=O) groups excluding carboxylic acids is 1. The topological polar surface area (TPSA) is 26.3 Å². The second-order valence-electron chi connectivity index (χ2n) is 5.87. The molecule has 0 amide bonds. The minimum absolute atomic E-state index is 0.264. The Hall–Kier alpha value is -1.36. The molecule has 0 aromatic heterocycles. The number of alkyl halides is 3. The van der Waals surface area contributed by atoms with E-state index < -0.39 is 23.3 Å². The summed E-state index contributed by atoms with van der Waals surface area (Å²) in [5, 5.41) is 0. The maximum absolute atomic E-state index is 12.6. The van der Waals surface area contributed by atoms with Crippen molar-refractivity contribution in [2.75, 3.05) is 7.11 Å². The molecular formula is C15H19F3O2. The fourth-order valence-corrected chi connectivity index (χ4v) is 2.11. The number of ketones is 1. The summed E-state index contributed by atoms with van der Waals surface area (Å²) >= 11 is 0. The lowest BCUT2D eigenvalue weighted by molar-refractivity contribution is -0.137. The Bertz CT molecular complexity index is 499. The van der Waals surface area contributed by atoms with Crippen LogP contribution in [0.5, 0.6) is 0 Å². The molecule has 1 atom stereocenters. The molecule has 112 valence electrons. The van der Waals surface area contributed by atoms with Crippen LogP contribution < -0.4 is 0 Å². The monoisotopic (exact) mass is 288 g/mol. The quantitative estimate of drug-likeness (QED) is 0.777. The second-order valence-corrected chi connectivity index (χ2v) is 5.87. The fraction of sp³-hybridized carbons (Fsp3) is 0.533. The van der Waals surface area contributed by atoms with Crippen LogP contribution in [0, 0.1) is 12.3 Å². The van der Waals surface area contributed by atoms with Crippen molar-refractivity contribution in [3.8, 4) is 0 Å². The van der Waals surface area contributed by atoms with Crippen LogP contribution in [0.3, 0.4) is 0 Å². The zero-order valence-electron chi connectivity index (χ0n) is 12.3. The molecule has 5 heteroatoms. The van der Waals surface area contributed by atoms with Gasteiger partial charge in [-0.05, 0) is 30.0 Å². The number of methoxy groups -OCH3 is 1. The molecule has 0 saturated heterocycles. The Morgan fingerprint density at radius 2 is 1.75 bits per heavy atom. The molecule has 0 spiro atoms. The highest BCUT2D eigenvalue weighted by Crippen LogP contribution is 2.32. The van der Waals surface area contributed by atoms with Crippen molar-refractivity contribution < 1.29 is 22.7 Å². The zero-order chi connectivity index (χ0) is 15.7. The Labute approximate surface area is 116 Å². The predicted molar refractivity (Wildman–Crippen MR) is 70.8 cm³/mol. The zero-order valence-corrected chi connectivity index (χ0v) is 12.3. The number of aryl methyl sites for hydroxylation is 1. The SMILES string of the molecule is COC(C(=O)c1ccc(C(F)(F)F)cc1C)C(C)(C)C.